The Labute approximate surface area is 132 Å². The maximum absolute atomic E-state index is 12.1. The number of hydrogen-bond donors (Lipinski definition) is 0. The van der Waals surface area contributed by atoms with Crippen LogP contribution in [0.15, 0.2) is 24.3 Å². The second kappa shape index (κ2) is 5.96. The van der Waals surface area contributed by atoms with Crippen LogP contribution in [0.4, 0.5) is 4.79 Å². The third kappa shape index (κ3) is 2.92. The Kier molecular flexibility index (Phi) is 4.02. The van der Waals surface area contributed by atoms with Crippen LogP contribution in [-0.4, -0.2) is 53.4 Å². The van der Waals surface area contributed by atoms with Crippen molar-refractivity contribution in [1.29, 1.82) is 0 Å². The first-order chi connectivity index (χ1) is 10.5. The van der Waals surface area contributed by atoms with E-state index in [1.807, 2.05) is 18.2 Å². The minimum absolute atomic E-state index is 0.0104. The third-order valence-corrected chi connectivity index (χ3v) is 4.12. The second-order valence-corrected chi connectivity index (χ2v) is 5.84. The van der Waals surface area contributed by atoms with E-state index in [0.717, 1.165) is 10.5 Å². The lowest BCUT2D eigenvalue weighted by Crippen LogP contribution is -2.62. The molecule has 0 saturated carbocycles. The summed E-state index contributed by atoms with van der Waals surface area (Å²) in [4.78, 5) is 37.7. The number of amides is 3. The number of benzene rings is 1. The van der Waals surface area contributed by atoms with Crippen LogP contribution in [-0.2, 0) is 20.7 Å². The van der Waals surface area contributed by atoms with Gasteiger partial charge in [0, 0.05) is 24.5 Å². The maximum Gasteiger partial charge on any atom is 0.417 e. The predicted octanol–water partition coefficient (Wildman–Crippen LogP) is 1.46. The van der Waals surface area contributed by atoms with Crippen molar-refractivity contribution in [2.75, 3.05) is 19.7 Å². The van der Waals surface area contributed by atoms with Gasteiger partial charge < -0.3 is 9.64 Å². The van der Waals surface area contributed by atoms with Gasteiger partial charge in [0.1, 0.15) is 0 Å². The molecule has 2 aliphatic heterocycles. The summed E-state index contributed by atoms with van der Waals surface area (Å²) in [5.74, 6) is -0.322. The van der Waals surface area contributed by atoms with Crippen molar-refractivity contribution in [3.63, 3.8) is 0 Å². The van der Waals surface area contributed by atoms with Crippen molar-refractivity contribution in [2.24, 2.45) is 0 Å². The van der Waals surface area contributed by atoms with Crippen LogP contribution in [0, 0.1) is 0 Å². The standard InChI is InChI=1S/C15H15ClN2O4/c16-11-3-1-2-10(6-11)4-5-13(19)17-7-12(8-17)18-14(20)9-22-15(18)21/h1-3,6,12H,4-5,7-9H2. The van der Waals surface area contributed by atoms with Gasteiger partial charge in [0.2, 0.25) is 5.91 Å². The van der Waals surface area contributed by atoms with E-state index in [1.165, 1.54) is 0 Å². The molecule has 2 saturated heterocycles. The average molecular weight is 323 g/mol. The predicted molar refractivity (Wildman–Crippen MR) is 78.3 cm³/mol. The Balaban J connectivity index is 1.47. The lowest BCUT2D eigenvalue weighted by molar-refractivity contribution is -0.142. The van der Waals surface area contributed by atoms with E-state index < -0.39 is 6.09 Å². The molecule has 2 fully saturated rings. The fraction of sp³-hybridized carbons (Fsp3) is 0.400. The fourth-order valence-electron chi connectivity index (χ4n) is 2.64. The van der Waals surface area contributed by atoms with Gasteiger partial charge in [-0.3, -0.25) is 9.59 Å². The maximum atomic E-state index is 12.1. The Bertz CT molecular complexity index is 612. The van der Waals surface area contributed by atoms with E-state index in [-0.39, 0.29) is 24.5 Å². The number of imide groups is 1. The van der Waals surface area contributed by atoms with Gasteiger partial charge in [0.05, 0.1) is 6.04 Å². The van der Waals surface area contributed by atoms with Gasteiger partial charge >= 0.3 is 6.09 Å². The minimum Gasteiger partial charge on any atom is -0.439 e. The van der Waals surface area contributed by atoms with E-state index in [2.05, 4.69) is 4.74 Å². The van der Waals surface area contributed by atoms with Crippen LogP contribution in [0.5, 0.6) is 0 Å². The molecule has 0 radical (unpaired) electrons. The molecule has 0 bridgehead atoms. The van der Waals surface area contributed by atoms with Crippen LogP contribution in [0.1, 0.15) is 12.0 Å². The quantitative estimate of drug-likeness (QED) is 0.841. The highest BCUT2D eigenvalue weighted by Crippen LogP contribution is 2.21. The molecule has 22 heavy (non-hydrogen) atoms. The number of aryl methyl sites for hydroxylation is 1. The van der Waals surface area contributed by atoms with Crippen LogP contribution in [0.2, 0.25) is 5.02 Å². The molecular weight excluding hydrogens is 308 g/mol. The summed E-state index contributed by atoms with van der Waals surface area (Å²) in [6.07, 6.45) is 0.387. The van der Waals surface area contributed by atoms with Crippen molar-refractivity contribution in [2.45, 2.75) is 18.9 Å². The second-order valence-electron chi connectivity index (χ2n) is 5.40. The molecule has 3 amide bonds. The number of carbonyl (C=O) groups excluding carboxylic acids is 3. The number of nitrogens with zero attached hydrogens (tertiary/aromatic N) is 2. The van der Waals surface area contributed by atoms with Gasteiger partial charge in [0.15, 0.2) is 6.61 Å². The zero-order valence-electron chi connectivity index (χ0n) is 11.8. The topological polar surface area (TPSA) is 66.9 Å². The van der Waals surface area contributed by atoms with Gasteiger partial charge in [0.25, 0.3) is 5.91 Å². The van der Waals surface area contributed by atoms with Crippen molar-refractivity contribution in [3.8, 4) is 0 Å². The van der Waals surface area contributed by atoms with Crippen molar-refractivity contribution in [1.82, 2.24) is 9.80 Å². The summed E-state index contributed by atoms with van der Waals surface area (Å²) in [5, 5.41) is 0.653. The summed E-state index contributed by atoms with van der Waals surface area (Å²) < 4.78 is 4.67. The van der Waals surface area contributed by atoms with Crippen LogP contribution < -0.4 is 0 Å². The van der Waals surface area contributed by atoms with Gasteiger partial charge in [-0.1, -0.05) is 23.7 Å². The molecule has 0 atom stereocenters. The number of rotatable bonds is 4. The van der Waals surface area contributed by atoms with Gasteiger partial charge in [-0.2, -0.15) is 0 Å². The summed E-state index contributed by atoms with van der Waals surface area (Å²) in [6.45, 7) is 0.572. The molecule has 0 N–H and O–H groups in total. The van der Waals surface area contributed by atoms with Crippen molar-refractivity contribution in [3.05, 3.63) is 34.9 Å². The molecule has 6 nitrogen and oxygen atoms in total. The highest BCUT2D eigenvalue weighted by atomic mass is 35.5. The van der Waals surface area contributed by atoms with E-state index in [4.69, 9.17) is 11.6 Å². The van der Waals surface area contributed by atoms with Crippen LogP contribution in [0.25, 0.3) is 0 Å². The lowest BCUT2D eigenvalue weighted by atomic mass is 10.0. The molecule has 0 aromatic heterocycles. The molecule has 1 aromatic carbocycles. The van der Waals surface area contributed by atoms with E-state index >= 15 is 0 Å². The first-order valence-corrected chi connectivity index (χ1v) is 7.43. The molecule has 116 valence electrons. The van der Waals surface area contributed by atoms with Gasteiger partial charge in [-0.05, 0) is 24.1 Å². The molecule has 0 unspecified atom stereocenters. The van der Waals surface area contributed by atoms with Gasteiger partial charge in [-0.25, -0.2) is 9.69 Å². The normalized spacial score (nSPS) is 18.4. The summed E-state index contributed by atoms with van der Waals surface area (Å²) in [7, 11) is 0. The number of likely N-dealkylation sites (tertiary alicyclic amines) is 1. The highest BCUT2D eigenvalue weighted by molar-refractivity contribution is 6.30. The molecule has 0 spiro atoms. The zero-order chi connectivity index (χ0) is 15.7. The molecule has 1 aromatic rings. The SMILES string of the molecule is O=C(CCc1cccc(Cl)c1)N1CC(N2C(=O)COC2=O)C1. The first-order valence-electron chi connectivity index (χ1n) is 7.05. The number of halogens is 1. The molecule has 0 aliphatic carbocycles. The van der Waals surface area contributed by atoms with Crippen LogP contribution in [0.3, 0.4) is 0 Å². The number of cyclic esters (lactones) is 1. The van der Waals surface area contributed by atoms with E-state index in [0.29, 0.717) is 31.0 Å². The Morgan fingerprint density at radius 3 is 2.73 bits per heavy atom. The number of ether oxygens (including phenoxy) is 1. The monoisotopic (exact) mass is 322 g/mol. The van der Waals surface area contributed by atoms with Crippen molar-refractivity contribution >= 4 is 29.5 Å². The third-order valence-electron chi connectivity index (χ3n) is 3.88. The Morgan fingerprint density at radius 2 is 2.09 bits per heavy atom. The molecule has 7 heteroatoms. The summed E-state index contributed by atoms with van der Waals surface area (Å²) in [5.41, 5.74) is 1.01. The van der Waals surface area contributed by atoms with E-state index in [9.17, 15) is 14.4 Å². The smallest absolute Gasteiger partial charge is 0.417 e. The summed E-state index contributed by atoms with van der Waals surface area (Å²) >= 11 is 5.90. The number of carbonyl (C=O) groups is 3. The number of hydrogen-bond acceptors (Lipinski definition) is 4. The van der Waals surface area contributed by atoms with E-state index in [1.54, 1.807) is 11.0 Å². The fourth-order valence-corrected chi connectivity index (χ4v) is 2.85. The molecular formula is C15H15ClN2O4. The Morgan fingerprint density at radius 1 is 1.32 bits per heavy atom. The highest BCUT2D eigenvalue weighted by Gasteiger charge is 2.44. The van der Waals surface area contributed by atoms with Crippen LogP contribution >= 0.6 is 11.6 Å². The summed E-state index contributed by atoms with van der Waals surface area (Å²) in [6, 6.07) is 7.16. The lowest BCUT2D eigenvalue weighted by Gasteiger charge is -2.42. The van der Waals surface area contributed by atoms with Gasteiger partial charge in [-0.15, -0.1) is 0 Å². The molecule has 2 heterocycles. The zero-order valence-corrected chi connectivity index (χ0v) is 12.6. The molecule has 2 aliphatic rings. The Hall–Kier alpha value is -2.08. The minimum atomic E-state index is -0.610. The molecule has 3 rings (SSSR count). The average Bonchev–Trinajstić information content (AvgIpc) is 2.76. The van der Waals surface area contributed by atoms with Crippen molar-refractivity contribution < 1.29 is 19.1 Å². The largest absolute Gasteiger partial charge is 0.439 e. The first kappa shape index (κ1) is 14.8.